The number of ether oxygens (including phenoxy) is 2. The molecule has 0 atom stereocenters. The van der Waals surface area contributed by atoms with E-state index in [9.17, 15) is 4.79 Å². The molecule has 1 aliphatic rings. The number of carbonyl (C=O) groups is 1. The summed E-state index contributed by atoms with van der Waals surface area (Å²) in [5, 5.41) is 0. The molecule has 1 heterocycles. The maximum absolute atomic E-state index is 11.6. The van der Waals surface area contributed by atoms with Gasteiger partial charge in [0.1, 0.15) is 0 Å². The predicted octanol–water partition coefficient (Wildman–Crippen LogP) is 2.71. The fraction of sp³-hybridized carbons (Fsp3) is 0.300. The number of rotatable bonds is 2. The first kappa shape index (κ1) is 10.6. The third kappa shape index (κ3) is 1.90. The Morgan fingerprint density at radius 1 is 1.33 bits per heavy atom. The van der Waals surface area contributed by atoms with Gasteiger partial charge in [0.15, 0.2) is 22.1 Å². The van der Waals surface area contributed by atoms with Gasteiger partial charge in [0.05, 0.1) is 0 Å². The number of Topliss-reactive ketones (excluding diaryl/α,β-unsaturated/α-hetero) is 1. The van der Waals surface area contributed by atoms with Crippen LogP contribution in [0.1, 0.15) is 15.9 Å². The van der Waals surface area contributed by atoms with E-state index < -0.39 is 4.84 Å². The van der Waals surface area contributed by atoms with Crippen molar-refractivity contribution >= 4 is 29.0 Å². The number of hydrogen-bond acceptors (Lipinski definition) is 3. The van der Waals surface area contributed by atoms with Crippen molar-refractivity contribution in [2.45, 2.75) is 11.8 Å². The lowest BCUT2D eigenvalue weighted by Gasteiger charge is -2.06. The molecule has 1 aromatic rings. The van der Waals surface area contributed by atoms with E-state index in [2.05, 4.69) is 0 Å². The van der Waals surface area contributed by atoms with Gasteiger partial charge >= 0.3 is 0 Å². The van der Waals surface area contributed by atoms with Crippen LogP contribution in [0.2, 0.25) is 0 Å². The van der Waals surface area contributed by atoms with Crippen molar-refractivity contribution in [2.75, 3.05) is 6.79 Å². The van der Waals surface area contributed by atoms with Crippen LogP contribution < -0.4 is 9.47 Å². The average Bonchev–Trinajstić information content (AvgIpc) is 2.62. The van der Waals surface area contributed by atoms with Crippen LogP contribution in [0, 0.1) is 6.92 Å². The molecule has 0 spiro atoms. The fourth-order valence-corrected chi connectivity index (χ4v) is 1.66. The number of carbonyl (C=O) groups excluding carboxylic acids is 1. The van der Waals surface area contributed by atoms with Crippen molar-refractivity contribution in [3.63, 3.8) is 0 Å². The summed E-state index contributed by atoms with van der Waals surface area (Å²) in [5.74, 6) is 0.872. The van der Waals surface area contributed by atoms with Gasteiger partial charge in [0.2, 0.25) is 6.79 Å². The summed E-state index contributed by atoms with van der Waals surface area (Å²) in [6.07, 6.45) is 0. The summed E-state index contributed by atoms with van der Waals surface area (Å²) in [6, 6.07) is 3.35. The number of halogens is 2. The normalized spacial score (nSPS) is 13.3. The Kier molecular flexibility index (Phi) is 2.76. The number of benzene rings is 1. The van der Waals surface area contributed by atoms with E-state index in [4.69, 9.17) is 32.7 Å². The van der Waals surface area contributed by atoms with E-state index in [0.717, 1.165) is 5.56 Å². The molecular weight excluding hydrogens is 239 g/mol. The molecule has 0 N–H and O–H groups in total. The maximum Gasteiger partial charge on any atom is 0.231 e. The van der Waals surface area contributed by atoms with Crippen LogP contribution in [0.3, 0.4) is 0 Å². The van der Waals surface area contributed by atoms with Gasteiger partial charge in [-0.15, -0.1) is 0 Å². The van der Waals surface area contributed by atoms with Gasteiger partial charge in [0.25, 0.3) is 0 Å². The first-order valence-corrected chi connectivity index (χ1v) is 5.19. The highest BCUT2D eigenvalue weighted by atomic mass is 35.5. The molecular formula is C10H8Cl2O3. The van der Waals surface area contributed by atoms with Crippen LogP contribution in [0.5, 0.6) is 11.5 Å². The lowest BCUT2D eigenvalue weighted by molar-refractivity contribution is 0.101. The molecule has 0 amide bonds. The van der Waals surface area contributed by atoms with Crippen LogP contribution in [0.25, 0.3) is 0 Å². The second-order valence-electron chi connectivity index (χ2n) is 3.19. The summed E-state index contributed by atoms with van der Waals surface area (Å²) in [7, 11) is 0. The Morgan fingerprint density at radius 2 is 1.93 bits per heavy atom. The van der Waals surface area contributed by atoms with E-state index in [1.54, 1.807) is 19.1 Å². The predicted molar refractivity (Wildman–Crippen MR) is 57.1 cm³/mol. The molecule has 0 bridgehead atoms. The van der Waals surface area contributed by atoms with Gasteiger partial charge in [-0.2, -0.15) is 0 Å². The van der Waals surface area contributed by atoms with E-state index in [1.807, 2.05) is 0 Å². The number of hydrogen-bond donors (Lipinski definition) is 0. The standard InChI is InChI=1S/C10H8Cl2O3/c1-5-2-7-8(15-4-14-7)3-6(5)9(13)10(11)12/h2-3,10H,4H2,1H3. The van der Waals surface area contributed by atoms with E-state index in [0.29, 0.717) is 17.1 Å². The molecule has 0 aromatic heterocycles. The van der Waals surface area contributed by atoms with E-state index >= 15 is 0 Å². The molecule has 0 unspecified atom stereocenters. The molecule has 1 aromatic carbocycles. The average molecular weight is 247 g/mol. The summed E-state index contributed by atoms with van der Waals surface area (Å²) in [4.78, 5) is 10.6. The molecule has 5 heteroatoms. The summed E-state index contributed by atoms with van der Waals surface area (Å²) in [6.45, 7) is 1.98. The molecule has 0 aliphatic carbocycles. The second-order valence-corrected chi connectivity index (χ2v) is 4.28. The van der Waals surface area contributed by atoms with Crippen molar-refractivity contribution in [1.29, 1.82) is 0 Å². The summed E-state index contributed by atoms with van der Waals surface area (Å²) >= 11 is 11.1. The van der Waals surface area contributed by atoms with Crippen LogP contribution in [-0.2, 0) is 0 Å². The topological polar surface area (TPSA) is 35.5 Å². The van der Waals surface area contributed by atoms with E-state index in [-0.39, 0.29) is 12.6 Å². The van der Waals surface area contributed by atoms with Crippen molar-refractivity contribution in [1.82, 2.24) is 0 Å². The Morgan fingerprint density at radius 3 is 2.53 bits per heavy atom. The van der Waals surface area contributed by atoms with Crippen LogP contribution in [0.15, 0.2) is 12.1 Å². The largest absolute Gasteiger partial charge is 0.454 e. The van der Waals surface area contributed by atoms with Gasteiger partial charge in [-0.05, 0) is 24.6 Å². The highest BCUT2D eigenvalue weighted by Gasteiger charge is 2.22. The van der Waals surface area contributed by atoms with Gasteiger partial charge in [-0.25, -0.2) is 0 Å². The zero-order valence-electron chi connectivity index (χ0n) is 7.92. The minimum absolute atomic E-state index is 0.178. The number of aryl methyl sites for hydroxylation is 1. The summed E-state index contributed by atoms with van der Waals surface area (Å²) in [5.41, 5.74) is 1.24. The van der Waals surface area contributed by atoms with Crippen molar-refractivity contribution in [3.8, 4) is 11.5 Å². The zero-order chi connectivity index (χ0) is 11.0. The lowest BCUT2D eigenvalue weighted by atomic mass is 10.0. The molecule has 0 saturated heterocycles. The Balaban J connectivity index is 2.45. The van der Waals surface area contributed by atoms with Gasteiger partial charge in [0, 0.05) is 5.56 Å². The van der Waals surface area contributed by atoms with Crippen molar-refractivity contribution < 1.29 is 14.3 Å². The minimum atomic E-state index is -1.05. The highest BCUT2D eigenvalue weighted by Crippen LogP contribution is 2.35. The Bertz CT molecular complexity index is 415. The number of ketones is 1. The monoisotopic (exact) mass is 246 g/mol. The maximum atomic E-state index is 11.6. The SMILES string of the molecule is Cc1cc2c(cc1C(=O)C(Cl)Cl)OCO2. The Hall–Kier alpha value is -0.930. The molecule has 0 radical (unpaired) electrons. The molecule has 80 valence electrons. The molecule has 1 aliphatic heterocycles. The first-order chi connectivity index (χ1) is 7.09. The number of fused-ring (bicyclic) bond motifs is 1. The third-order valence-electron chi connectivity index (χ3n) is 2.18. The van der Waals surface area contributed by atoms with E-state index in [1.165, 1.54) is 0 Å². The molecule has 0 saturated carbocycles. The fourth-order valence-electron chi connectivity index (χ4n) is 1.43. The lowest BCUT2D eigenvalue weighted by Crippen LogP contribution is -2.09. The van der Waals surface area contributed by atoms with Crippen molar-refractivity contribution in [2.24, 2.45) is 0 Å². The van der Waals surface area contributed by atoms with Crippen LogP contribution in [-0.4, -0.2) is 17.4 Å². The minimum Gasteiger partial charge on any atom is -0.454 e. The van der Waals surface area contributed by atoms with Gasteiger partial charge in [-0.3, -0.25) is 4.79 Å². The Labute approximate surface area is 96.9 Å². The number of alkyl halides is 2. The second kappa shape index (κ2) is 3.91. The van der Waals surface area contributed by atoms with Crippen LogP contribution >= 0.6 is 23.2 Å². The van der Waals surface area contributed by atoms with Gasteiger partial charge < -0.3 is 9.47 Å². The zero-order valence-corrected chi connectivity index (χ0v) is 9.43. The molecule has 15 heavy (non-hydrogen) atoms. The molecule has 3 nitrogen and oxygen atoms in total. The quantitative estimate of drug-likeness (QED) is 0.595. The van der Waals surface area contributed by atoms with Crippen molar-refractivity contribution in [3.05, 3.63) is 23.3 Å². The smallest absolute Gasteiger partial charge is 0.231 e. The van der Waals surface area contributed by atoms with Gasteiger partial charge in [-0.1, -0.05) is 23.2 Å². The van der Waals surface area contributed by atoms with Crippen LogP contribution in [0.4, 0.5) is 0 Å². The summed E-state index contributed by atoms with van der Waals surface area (Å²) < 4.78 is 10.3. The third-order valence-corrected chi connectivity index (χ3v) is 2.58. The first-order valence-electron chi connectivity index (χ1n) is 4.32. The highest BCUT2D eigenvalue weighted by molar-refractivity contribution is 6.55. The molecule has 2 rings (SSSR count). The molecule has 0 fully saturated rings.